The number of anilines is 2. The Morgan fingerprint density at radius 2 is 1.76 bits per heavy atom. The molecule has 0 bridgehead atoms. The fraction of sp³-hybridized carbons (Fsp3) is 0.286. The second kappa shape index (κ2) is 10.5. The molecule has 9 heteroatoms. The van der Waals surface area contributed by atoms with Crippen LogP contribution in [0.3, 0.4) is 0 Å². The van der Waals surface area contributed by atoms with Gasteiger partial charge in [0, 0.05) is 29.5 Å². The lowest BCUT2D eigenvalue weighted by Gasteiger charge is -2.40. The topological polar surface area (TPSA) is 49.9 Å². The van der Waals surface area contributed by atoms with Crippen LogP contribution < -0.4 is 14.5 Å². The average molecular weight is 531 g/mol. The molecule has 0 saturated heterocycles. The van der Waals surface area contributed by atoms with E-state index in [1.54, 1.807) is 67.5 Å². The van der Waals surface area contributed by atoms with Gasteiger partial charge < -0.3 is 14.5 Å². The summed E-state index contributed by atoms with van der Waals surface area (Å²) in [6.45, 7) is 3.73. The van der Waals surface area contributed by atoms with Crippen molar-refractivity contribution in [2.24, 2.45) is 0 Å². The monoisotopic (exact) mass is 530 g/mol. The molecule has 2 amide bonds. The van der Waals surface area contributed by atoms with Crippen molar-refractivity contribution in [3.63, 3.8) is 0 Å². The molecule has 0 N–H and O–H groups in total. The van der Waals surface area contributed by atoms with Gasteiger partial charge in [0.15, 0.2) is 0 Å². The number of ether oxygens (including phenoxy) is 1. The molecule has 1 aliphatic rings. The van der Waals surface area contributed by atoms with E-state index in [2.05, 4.69) is 0 Å². The number of fused-ring (bicyclic) bond motifs is 1. The summed E-state index contributed by atoms with van der Waals surface area (Å²) in [5.41, 5.74) is 0.848. The molecule has 0 spiro atoms. The summed E-state index contributed by atoms with van der Waals surface area (Å²) in [6, 6.07) is 17.1. The van der Waals surface area contributed by atoms with Gasteiger partial charge >= 0.3 is 6.18 Å². The van der Waals surface area contributed by atoms with E-state index < -0.39 is 22.7 Å². The van der Waals surface area contributed by atoms with Gasteiger partial charge in [0.25, 0.3) is 5.91 Å². The molecule has 3 aromatic rings. The van der Waals surface area contributed by atoms with Crippen LogP contribution in [0.15, 0.2) is 66.7 Å². The SMILES string of the molecule is CCN(C(=O)C1CC(C)N(C(=O)c2ccc(OC)cc2)c2ccccc21)c1ccc(Cl)c(C(F)(F)F)c1. The summed E-state index contributed by atoms with van der Waals surface area (Å²) < 4.78 is 45.6. The first-order chi connectivity index (χ1) is 17.6. The third kappa shape index (κ3) is 5.16. The zero-order valence-electron chi connectivity index (χ0n) is 20.6. The smallest absolute Gasteiger partial charge is 0.417 e. The molecule has 2 atom stereocenters. The van der Waals surface area contributed by atoms with Crippen molar-refractivity contribution < 1.29 is 27.5 Å². The Labute approximate surface area is 218 Å². The van der Waals surface area contributed by atoms with E-state index in [1.807, 2.05) is 6.92 Å². The zero-order chi connectivity index (χ0) is 26.9. The summed E-state index contributed by atoms with van der Waals surface area (Å²) in [5, 5.41) is -0.427. The third-order valence-electron chi connectivity index (χ3n) is 6.59. The summed E-state index contributed by atoms with van der Waals surface area (Å²) in [6.07, 6.45) is -4.34. The summed E-state index contributed by atoms with van der Waals surface area (Å²) in [4.78, 5) is 30.3. The zero-order valence-corrected chi connectivity index (χ0v) is 21.3. The second-order valence-corrected chi connectivity index (χ2v) is 9.25. The molecule has 0 aromatic heterocycles. The van der Waals surface area contributed by atoms with Gasteiger partial charge in [0.1, 0.15) is 5.75 Å². The molecule has 0 saturated carbocycles. The van der Waals surface area contributed by atoms with Crippen molar-refractivity contribution in [2.75, 3.05) is 23.5 Å². The second-order valence-electron chi connectivity index (χ2n) is 8.84. The maximum absolute atomic E-state index is 13.8. The van der Waals surface area contributed by atoms with Crippen LogP contribution >= 0.6 is 11.6 Å². The Morgan fingerprint density at radius 1 is 1.08 bits per heavy atom. The van der Waals surface area contributed by atoms with E-state index in [4.69, 9.17) is 16.3 Å². The highest BCUT2D eigenvalue weighted by molar-refractivity contribution is 6.31. The van der Waals surface area contributed by atoms with Crippen LogP contribution in [-0.4, -0.2) is 31.5 Å². The van der Waals surface area contributed by atoms with Crippen LogP contribution in [0.2, 0.25) is 5.02 Å². The van der Waals surface area contributed by atoms with Crippen LogP contribution in [0.25, 0.3) is 0 Å². The number of carbonyl (C=O) groups excluding carboxylic acids is 2. The number of halogens is 4. The van der Waals surface area contributed by atoms with Gasteiger partial charge in [-0.25, -0.2) is 0 Å². The molecule has 0 radical (unpaired) electrons. The van der Waals surface area contributed by atoms with Crippen molar-refractivity contribution in [3.05, 3.63) is 88.4 Å². The van der Waals surface area contributed by atoms with Crippen LogP contribution in [-0.2, 0) is 11.0 Å². The van der Waals surface area contributed by atoms with E-state index in [9.17, 15) is 22.8 Å². The summed E-state index contributed by atoms with van der Waals surface area (Å²) >= 11 is 5.79. The van der Waals surface area contributed by atoms with Gasteiger partial charge in [0.05, 0.1) is 23.6 Å². The predicted molar refractivity (Wildman–Crippen MR) is 138 cm³/mol. The average Bonchev–Trinajstić information content (AvgIpc) is 2.88. The van der Waals surface area contributed by atoms with Gasteiger partial charge in [0.2, 0.25) is 5.91 Å². The van der Waals surface area contributed by atoms with E-state index in [1.165, 1.54) is 11.0 Å². The van der Waals surface area contributed by atoms with Crippen LogP contribution in [0.5, 0.6) is 5.75 Å². The number of likely N-dealkylation sites (N-methyl/N-ethyl adjacent to an activating group) is 1. The first kappa shape index (κ1) is 26.5. The first-order valence-corrected chi connectivity index (χ1v) is 12.2. The molecule has 0 fully saturated rings. The van der Waals surface area contributed by atoms with Crippen molar-refractivity contribution in [3.8, 4) is 5.75 Å². The molecule has 4 rings (SSSR count). The van der Waals surface area contributed by atoms with Crippen LogP contribution in [0, 0.1) is 0 Å². The minimum Gasteiger partial charge on any atom is -0.497 e. The van der Waals surface area contributed by atoms with Gasteiger partial charge in [-0.1, -0.05) is 29.8 Å². The fourth-order valence-corrected chi connectivity index (χ4v) is 5.01. The van der Waals surface area contributed by atoms with Crippen LogP contribution in [0.1, 0.15) is 47.7 Å². The maximum atomic E-state index is 13.8. The maximum Gasteiger partial charge on any atom is 0.417 e. The van der Waals surface area contributed by atoms with Gasteiger partial charge in [-0.2, -0.15) is 13.2 Å². The Bertz CT molecular complexity index is 1310. The first-order valence-electron chi connectivity index (χ1n) is 11.8. The van der Waals surface area contributed by atoms with Gasteiger partial charge in [-0.15, -0.1) is 0 Å². The summed E-state index contributed by atoms with van der Waals surface area (Å²) in [5.74, 6) is -0.567. The third-order valence-corrected chi connectivity index (χ3v) is 6.92. The highest BCUT2D eigenvalue weighted by Gasteiger charge is 2.39. The molecule has 194 valence electrons. The lowest BCUT2D eigenvalue weighted by Crippen LogP contribution is -2.46. The number of hydrogen-bond acceptors (Lipinski definition) is 3. The molecule has 1 aliphatic heterocycles. The minimum atomic E-state index is -4.65. The van der Waals surface area contributed by atoms with Crippen molar-refractivity contribution >= 4 is 34.8 Å². The largest absolute Gasteiger partial charge is 0.497 e. The lowest BCUT2D eigenvalue weighted by atomic mass is 9.84. The number of nitrogens with zero attached hydrogens (tertiary/aromatic N) is 2. The summed E-state index contributed by atoms with van der Waals surface area (Å²) in [7, 11) is 1.55. The highest BCUT2D eigenvalue weighted by atomic mass is 35.5. The lowest BCUT2D eigenvalue weighted by molar-refractivity contribution is -0.137. The fourth-order valence-electron chi connectivity index (χ4n) is 4.78. The quantitative estimate of drug-likeness (QED) is 0.359. The van der Waals surface area contributed by atoms with E-state index in [0.717, 1.165) is 12.1 Å². The Morgan fingerprint density at radius 3 is 2.38 bits per heavy atom. The Hall–Kier alpha value is -3.52. The standard InChI is InChI=1S/C28H26ClF3N2O3/c1-4-33(19-11-14-24(29)23(16-19)28(30,31)32)27(36)22-15-17(2)34(25-8-6-5-7-21(22)25)26(35)18-9-12-20(37-3)13-10-18/h5-14,16-17,22H,4,15H2,1-3H3. The number of alkyl halides is 3. The van der Waals surface area contributed by atoms with Crippen molar-refractivity contribution in [1.29, 1.82) is 0 Å². The normalized spacial score (nSPS) is 17.2. The molecule has 5 nitrogen and oxygen atoms in total. The number of hydrogen-bond donors (Lipinski definition) is 0. The molecular weight excluding hydrogens is 505 g/mol. The Balaban J connectivity index is 1.70. The number of benzene rings is 3. The molecular formula is C28H26ClF3N2O3. The highest BCUT2D eigenvalue weighted by Crippen LogP contribution is 2.42. The number of para-hydroxylation sites is 1. The van der Waals surface area contributed by atoms with E-state index >= 15 is 0 Å². The van der Waals surface area contributed by atoms with Gasteiger partial charge in [-0.05, 0) is 74.4 Å². The van der Waals surface area contributed by atoms with E-state index in [-0.39, 0.29) is 30.1 Å². The van der Waals surface area contributed by atoms with Crippen molar-refractivity contribution in [2.45, 2.75) is 38.4 Å². The number of amides is 2. The van der Waals surface area contributed by atoms with E-state index in [0.29, 0.717) is 29.0 Å². The Kier molecular flexibility index (Phi) is 7.50. The van der Waals surface area contributed by atoms with Gasteiger partial charge in [-0.3, -0.25) is 9.59 Å². The number of rotatable bonds is 5. The number of carbonyl (C=O) groups is 2. The molecule has 1 heterocycles. The van der Waals surface area contributed by atoms with Crippen molar-refractivity contribution in [1.82, 2.24) is 0 Å². The minimum absolute atomic E-state index is 0.117. The molecule has 2 unspecified atom stereocenters. The molecule has 3 aromatic carbocycles. The predicted octanol–water partition coefficient (Wildman–Crippen LogP) is 6.94. The molecule has 0 aliphatic carbocycles. The molecule has 37 heavy (non-hydrogen) atoms. The van der Waals surface area contributed by atoms with Crippen LogP contribution in [0.4, 0.5) is 24.5 Å². The number of methoxy groups -OCH3 is 1.